The van der Waals surface area contributed by atoms with E-state index in [0.717, 1.165) is 12.8 Å². The summed E-state index contributed by atoms with van der Waals surface area (Å²) in [5.74, 6) is -0.283. The summed E-state index contributed by atoms with van der Waals surface area (Å²) in [6, 6.07) is 1.11. The Morgan fingerprint density at radius 1 is 1.16 bits per heavy atom. The Hall–Kier alpha value is -0.610. The number of hydrogen-bond acceptors (Lipinski definition) is 4. The van der Waals surface area contributed by atoms with Gasteiger partial charge in [-0.05, 0) is 60.4 Å². The highest BCUT2D eigenvalue weighted by molar-refractivity contribution is 5.77. The highest BCUT2D eigenvalue weighted by atomic mass is 16.5. The minimum absolute atomic E-state index is 0.0165. The van der Waals surface area contributed by atoms with E-state index in [1.165, 1.54) is 12.8 Å². The second-order valence-corrected chi connectivity index (χ2v) is 7.23. The van der Waals surface area contributed by atoms with Crippen molar-refractivity contribution in [3.05, 3.63) is 0 Å². The third-order valence-corrected chi connectivity index (χ3v) is 5.37. The van der Waals surface area contributed by atoms with Crippen LogP contribution in [0.5, 0.6) is 0 Å². The lowest BCUT2D eigenvalue weighted by Crippen LogP contribution is -2.49. The zero-order chi connectivity index (χ0) is 14.4. The number of rotatable bonds is 3. The lowest BCUT2D eigenvalue weighted by Gasteiger charge is -2.39. The number of ether oxygens (including phenoxy) is 1. The molecule has 2 unspecified atom stereocenters. The zero-order valence-corrected chi connectivity index (χ0v) is 12.8. The van der Waals surface area contributed by atoms with E-state index in [2.05, 4.69) is 11.9 Å². The molecule has 2 bridgehead atoms. The molecule has 0 saturated carbocycles. The first-order valence-electron chi connectivity index (χ1n) is 7.28. The molecule has 0 aromatic rings. The first-order chi connectivity index (χ1) is 8.63. The van der Waals surface area contributed by atoms with Crippen LogP contribution in [0.4, 0.5) is 0 Å². The highest BCUT2D eigenvalue weighted by Gasteiger charge is 2.46. The molecule has 0 aromatic carbocycles. The largest absolute Gasteiger partial charge is 0.462 e. The quantitative estimate of drug-likeness (QED) is 0.796. The van der Waals surface area contributed by atoms with Crippen molar-refractivity contribution < 1.29 is 14.6 Å². The Bertz CT molecular complexity index is 345. The molecule has 4 nitrogen and oxygen atoms in total. The van der Waals surface area contributed by atoms with Gasteiger partial charge in [-0.1, -0.05) is 0 Å². The van der Waals surface area contributed by atoms with E-state index in [-0.39, 0.29) is 12.1 Å². The molecule has 2 saturated heterocycles. The molecule has 2 aliphatic rings. The molecule has 0 spiro atoms. The van der Waals surface area contributed by atoms with Crippen molar-refractivity contribution in [2.75, 3.05) is 7.05 Å². The predicted octanol–water partition coefficient (Wildman–Crippen LogP) is 1.95. The second-order valence-electron chi connectivity index (χ2n) is 7.23. The van der Waals surface area contributed by atoms with Crippen LogP contribution >= 0.6 is 0 Å². The highest BCUT2D eigenvalue weighted by Crippen LogP contribution is 2.38. The predicted molar refractivity (Wildman–Crippen MR) is 73.8 cm³/mol. The molecule has 0 aliphatic carbocycles. The molecule has 2 heterocycles. The number of esters is 1. The van der Waals surface area contributed by atoms with E-state index >= 15 is 0 Å². The number of fused-ring (bicyclic) bond motifs is 2. The van der Waals surface area contributed by atoms with Crippen molar-refractivity contribution in [3.8, 4) is 0 Å². The van der Waals surface area contributed by atoms with Gasteiger partial charge >= 0.3 is 5.97 Å². The molecule has 0 radical (unpaired) electrons. The molecule has 1 N–H and O–H groups in total. The van der Waals surface area contributed by atoms with E-state index in [9.17, 15) is 9.90 Å². The molecule has 2 atom stereocenters. The van der Waals surface area contributed by atoms with Crippen LogP contribution < -0.4 is 0 Å². The summed E-state index contributed by atoms with van der Waals surface area (Å²) in [4.78, 5) is 14.7. The van der Waals surface area contributed by atoms with Gasteiger partial charge in [-0.15, -0.1) is 0 Å². The fraction of sp³-hybridized carbons (Fsp3) is 0.933. The Morgan fingerprint density at radius 3 is 2.05 bits per heavy atom. The molecule has 19 heavy (non-hydrogen) atoms. The van der Waals surface area contributed by atoms with E-state index < -0.39 is 11.0 Å². The number of piperidine rings is 1. The second kappa shape index (κ2) is 4.74. The number of hydrogen-bond donors (Lipinski definition) is 1. The zero-order valence-electron chi connectivity index (χ0n) is 12.8. The molecule has 4 heteroatoms. The Balaban J connectivity index is 1.98. The molecule has 0 aromatic heterocycles. The topological polar surface area (TPSA) is 49.8 Å². The summed E-state index contributed by atoms with van der Waals surface area (Å²) < 4.78 is 5.69. The SMILES string of the molecule is CN1C2CCC1CC(OC(=O)C(C)(C)C(C)(C)O)C2. The fourth-order valence-corrected chi connectivity index (χ4v) is 3.01. The first kappa shape index (κ1) is 14.8. The summed E-state index contributed by atoms with van der Waals surface area (Å²) in [6.07, 6.45) is 4.30. The van der Waals surface area contributed by atoms with Crippen LogP contribution in [0.25, 0.3) is 0 Å². The third-order valence-electron chi connectivity index (χ3n) is 5.37. The molecule has 2 aliphatic heterocycles. The van der Waals surface area contributed by atoms with Gasteiger partial charge in [0.1, 0.15) is 6.10 Å². The summed E-state index contributed by atoms with van der Waals surface area (Å²) >= 11 is 0. The van der Waals surface area contributed by atoms with E-state index in [0.29, 0.717) is 12.1 Å². The molecule has 0 amide bonds. The molecule has 2 rings (SSSR count). The van der Waals surface area contributed by atoms with E-state index in [1.807, 2.05) is 0 Å². The molecular formula is C15H27NO3. The van der Waals surface area contributed by atoms with Crippen LogP contribution in [0, 0.1) is 5.41 Å². The first-order valence-corrected chi connectivity index (χ1v) is 7.28. The van der Waals surface area contributed by atoms with E-state index in [1.54, 1.807) is 27.7 Å². The Labute approximate surface area is 116 Å². The number of carbonyl (C=O) groups excluding carboxylic acids is 1. The van der Waals surface area contributed by atoms with Gasteiger partial charge in [-0.3, -0.25) is 4.79 Å². The van der Waals surface area contributed by atoms with E-state index in [4.69, 9.17) is 4.74 Å². The molecule has 2 fully saturated rings. The van der Waals surface area contributed by atoms with Gasteiger partial charge in [0.05, 0.1) is 11.0 Å². The van der Waals surface area contributed by atoms with Gasteiger partial charge in [0.15, 0.2) is 0 Å². The van der Waals surface area contributed by atoms with Crippen molar-refractivity contribution in [3.63, 3.8) is 0 Å². The van der Waals surface area contributed by atoms with Gasteiger partial charge < -0.3 is 14.7 Å². The normalized spacial score (nSPS) is 32.4. The van der Waals surface area contributed by atoms with Gasteiger partial charge in [-0.25, -0.2) is 0 Å². The van der Waals surface area contributed by atoms with Crippen molar-refractivity contribution in [1.82, 2.24) is 4.90 Å². The Kier molecular flexibility index (Phi) is 3.69. The summed E-state index contributed by atoms with van der Waals surface area (Å²) in [6.45, 7) is 6.82. The fourth-order valence-electron chi connectivity index (χ4n) is 3.01. The maximum atomic E-state index is 12.3. The summed E-state index contributed by atoms with van der Waals surface area (Å²) in [5, 5.41) is 10.1. The lowest BCUT2D eigenvalue weighted by molar-refractivity contribution is -0.176. The minimum atomic E-state index is -1.07. The van der Waals surface area contributed by atoms with Gasteiger partial charge in [0, 0.05) is 12.1 Å². The number of aliphatic hydroxyl groups is 1. The monoisotopic (exact) mass is 269 g/mol. The molecule has 110 valence electrons. The van der Waals surface area contributed by atoms with Crippen molar-refractivity contribution in [1.29, 1.82) is 0 Å². The molecular weight excluding hydrogens is 242 g/mol. The van der Waals surface area contributed by atoms with Crippen molar-refractivity contribution in [2.24, 2.45) is 5.41 Å². The van der Waals surface area contributed by atoms with Crippen molar-refractivity contribution in [2.45, 2.75) is 77.2 Å². The standard InChI is InChI=1S/C15H27NO3/c1-14(2,15(3,4)18)13(17)19-12-8-10-6-7-11(9-12)16(10)5/h10-12,18H,6-9H2,1-5H3. The maximum absolute atomic E-state index is 12.3. The number of nitrogens with zero attached hydrogens (tertiary/aromatic N) is 1. The van der Waals surface area contributed by atoms with Crippen LogP contribution in [0.3, 0.4) is 0 Å². The maximum Gasteiger partial charge on any atom is 0.314 e. The van der Waals surface area contributed by atoms with Gasteiger partial charge in [-0.2, -0.15) is 0 Å². The van der Waals surface area contributed by atoms with Crippen molar-refractivity contribution >= 4 is 5.97 Å². The third kappa shape index (κ3) is 2.65. The lowest BCUT2D eigenvalue weighted by atomic mass is 9.77. The Morgan fingerprint density at radius 2 is 1.63 bits per heavy atom. The smallest absolute Gasteiger partial charge is 0.314 e. The van der Waals surface area contributed by atoms with Gasteiger partial charge in [0.2, 0.25) is 0 Å². The van der Waals surface area contributed by atoms with Crippen LogP contribution in [0.1, 0.15) is 53.4 Å². The summed E-state index contributed by atoms with van der Waals surface area (Å²) in [5.41, 5.74) is -1.95. The number of carbonyl (C=O) groups is 1. The average molecular weight is 269 g/mol. The average Bonchev–Trinajstić information content (AvgIpc) is 2.50. The minimum Gasteiger partial charge on any atom is -0.462 e. The summed E-state index contributed by atoms with van der Waals surface area (Å²) in [7, 11) is 2.17. The van der Waals surface area contributed by atoms with Crippen LogP contribution in [0.2, 0.25) is 0 Å². The van der Waals surface area contributed by atoms with Crippen LogP contribution in [0.15, 0.2) is 0 Å². The van der Waals surface area contributed by atoms with Gasteiger partial charge in [0.25, 0.3) is 0 Å². The van der Waals surface area contributed by atoms with Crippen LogP contribution in [-0.4, -0.2) is 46.8 Å². The van der Waals surface area contributed by atoms with Crippen LogP contribution in [-0.2, 0) is 9.53 Å².